The highest BCUT2D eigenvalue weighted by Gasteiger charge is 2.28. The molecule has 1 fully saturated rings. The molecule has 29 heavy (non-hydrogen) atoms. The summed E-state index contributed by atoms with van der Waals surface area (Å²) in [5, 5.41) is 3.98. The van der Waals surface area contributed by atoms with Gasteiger partial charge in [-0.3, -0.25) is 0 Å². The van der Waals surface area contributed by atoms with Gasteiger partial charge in [-0.2, -0.15) is 0 Å². The van der Waals surface area contributed by atoms with Crippen LogP contribution in [0.1, 0.15) is 33.6 Å². The van der Waals surface area contributed by atoms with Gasteiger partial charge < -0.3 is 24.6 Å². The van der Waals surface area contributed by atoms with Gasteiger partial charge in [0.25, 0.3) is 0 Å². The van der Waals surface area contributed by atoms with Crippen LogP contribution in [0.25, 0.3) is 0 Å². The first-order valence-corrected chi connectivity index (χ1v) is 10.1. The van der Waals surface area contributed by atoms with Gasteiger partial charge in [0.05, 0.1) is 5.03 Å². The average molecular weight is 422 g/mol. The molecule has 1 aromatic rings. The molecule has 3 rings (SSSR count). The van der Waals surface area contributed by atoms with Crippen molar-refractivity contribution in [3.8, 4) is 5.88 Å². The Hall–Kier alpha value is -2.48. The number of hydrogen-bond donors (Lipinski definition) is 1. The van der Waals surface area contributed by atoms with Crippen LogP contribution >= 0.6 is 11.6 Å². The van der Waals surface area contributed by atoms with Crippen molar-refractivity contribution in [2.24, 2.45) is 0 Å². The fourth-order valence-corrected chi connectivity index (χ4v) is 3.30. The largest absolute Gasteiger partial charge is 0.474 e. The number of carbonyl (C=O) groups is 1. The number of halogens is 1. The third-order valence-electron chi connectivity index (χ3n) is 4.52. The van der Waals surface area contributed by atoms with Crippen molar-refractivity contribution < 1.29 is 14.3 Å². The maximum atomic E-state index is 12.2. The number of nitrogens with one attached hydrogen (secondary N) is 1. The summed E-state index contributed by atoms with van der Waals surface area (Å²) in [6, 6.07) is 1.78. The molecule has 1 saturated heterocycles. The van der Waals surface area contributed by atoms with Crippen molar-refractivity contribution in [2.45, 2.75) is 51.5 Å². The highest BCUT2D eigenvalue weighted by atomic mass is 35.5. The number of carbonyl (C=O) groups excluding carboxylic acids is 1. The topological polar surface area (TPSA) is 79.8 Å². The molecule has 1 N–H and O–H groups in total. The monoisotopic (exact) mass is 421 g/mol. The van der Waals surface area contributed by atoms with Crippen molar-refractivity contribution in [2.75, 3.05) is 25.5 Å². The Bertz CT molecular complexity index is 785. The zero-order valence-corrected chi connectivity index (χ0v) is 18.0. The highest BCUT2D eigenvalue weighted by molar-refractivity contribution is 6.31. The summed E-state index contributed by atoms with van der Waals surface area (Å²) in [5.41, 5.74) is -0.489. The predicted molar refractivity (Wildman–Crippen MR) is 112 cm³/mol. The van der Waals surface area contributed by atoms with Gasteiger partial charge >= 0.3 is 6.09 Å². The van der Waals surface area contributed by atoms with Gasteiger partial charge in [0, 0.05) is 45.2 Å². The third-order valence-corrected chi connectivity index (χ3v) is 4.75. The zero-order valence-electron chi connectivity index (χ0n) is 17.3. The third kappa shape index (κ3) is 6.25. The second kappa shape index (κ2) is 8.90. The standard InChI is InChI=1S/C20H28ClN5O3/c1-20(2,3)29-19(27)26-9-7-15(8-10-26)28-18-11-16(22-13-23-18)24-17-6-5-14(21)12-25(17)4/h5-6,11-13,15,17H,7-10H2,1-4H3,(H,22,23,24). The van der Waals surface area contributed by atoms with Gasteiger partial charge in [-0.25, -0.2) is 14.8 Å². The molecular weight excluding hydrogens is 394 g/mol. The number of aromatic nitrogens is 2. The molecule has 2 aliphatic heterocycles. The van der Waals surface area contributed by atoms with Crippen LogP contribution in [-0.2, 0) is 4.74 Å². The first-order chi connectivity index (χ1) is 13.7. The average Bonchev–Trinajstić information content (AvgIpc) is 2.64. The minimum atomic E-state index is -0.489. The number of nitrogens with zero attached hydrogens (tertiary/aromatic N) is 4. The van der Waals surface area contributed by atoms with Crippen LogP contribution in [-0.4, -0.2) is 63.9 Å². The van der Waals surface area contributed by atoms with Gasteiger partial charge in [-0.05, 0) is 32.9 Å². The summed E-state index contributed by atoms with van der Waals surface area (Å²) in [5.74, 6) is 1.17. The Kier molecular flexibility index (Phi) is 6.52. The van der Waals surface area contributed by atoms with E-state index in [1.165, 1.54) is 6.33 Å². The lowest BCUT2D eigenvalue weighted by Crippen LogP contribution is -2.44. The van der Waals surface area contributed by atoms with Crippen LogP contribution in [0.2, 0.25) is 0 Å². The van der Waals surface area contributed by atoms with E-state index in [0.29, 0.717) is 29.8 Å². The number of hydrogen-bond acceptors (Lipinski definition) is 7. The molecule has 1 aromatic heterocycles. The van der Waals surface area contributed by atoms with Crippen molar-refractivity contribution in [3.05, 3.63) is 35.8 Å². The van der Waals surface area contributed by atoms with Crippen LogP contribution < -0.4 is 10.1 Å². The van der Waals surface area contributed by atoms with E-state index in [2.05, 4.69) is 15.3 Å². The smallest absolute Gasteiger partial charge is 0.410 e. The van der Waals surface area contributed by atoms with Crippen molar-refractivity contribution in [3.63, 3.8) is 0 Å². The highest BCUT2D eigenvalue weighted by Crippen LogP contribution is 2.22. The Balaban J connectivity index is 1.51. The number of allylic oxidation sites excluding steroid dienone is 2. The molecule has 0 spiro atoms. The summed E-state index contributed by atoms with van der Waals surface area (Å²) in [6.45, 7) is 6.80. The molecule has 3 heterocycles. The van der Waals surface area contributed by atoms with Gasteiger partial charge in [0.1, 0.15) is 30.0 Å². The molecule has 0 radical (unpaired) electrons. The van der Waals surface area contributed by atoms with Crippen LogP contribution in [0.5, 0.6) is 5.88 Å². The minimum absolute atomic E-state index is 0.00423. The second-order valence-corrected chi connectivity index (χ2v) is 8.59. The molecule has 1 amide bonds. The molecule has 0 bridgehead atoms. The van der Waals surface area contributed by atoms with Crippen molar-refractivity contribution >= 4 is 23.5 Å². The molecule has 158 valence electrons. The molecule has 9 heteroatoms. The van der Waals surface area contributed by atoms with Crippen molar-refractivity contribution in [1.82, 2.24) is 19.8 Å². The number of rotatable bonds is 4. The van der Waals surface area contributed by atoms with E-state index in [-0.39, 0.29) is 18.4 Å². The van der Waals surface area contributed by atoms with Gasteiger partial charge in [0.2, 0.25) is 5.88 Å². The fourth-order valence-electron chi connectivity index (χ4n) is 3.07. The second-order valence-electron chi connectivity index (χ2n) is 8.15. The van der Waals surface area contributed by atoms with E-state index >= 15 is 0 Å². The number of amides is 1. The quantitative estimate of drug-likeness (QED) is 0.795. The lowest BCUT2D eigenvalue weighted by molar-refractivity contribution is 0.0123. The first-order valence-electron chi connectivity index (χ1n) is 9.70. The normalized spacial score (nSPS) is 20.3. The van der Waals surface area contributed by atoms with Gasteiger partial charge in [0.15, 0.2) is 0 Å². The molecule has 0 saturated carbocycles. The number of piperidine rings is 1. The molecule has 2 aliphatic rings. The summed E-state index contributed by atoms with van der Waals surface area (Å²) < 4.78 is 11.5. The van der Waals surface area contributed by atoms with Gasteiger partial charge in [-0.15, -0.1) is 0 Å². The molecule has 0 aliphatic carbocycles. The predicted octanol–water partition coefficient (Wildman–Crippen LogP) is 3.57. The SMILES string of the molecule is CN1C=C(Cl)C=CC1Nc1cc(OC2CCN(C(=O)OC(C)(C)C)CC2)ncn1. The summed E-state index contributed by atoms with van der Waals surface area (Å²) in [7, 11) is 1.93. The Morgan fingerprint density at radius 3 is 2.66 bits per heavy atom. The van der Waals surface area contributed by atoms with E-state index in [9.17, 15) is 4.79 Å². The Morgan fingerprint density at radius 2 is 2.00 bits per heavy atom. The summed E-state index contributed by atoms with van der Waals surface area (Å²) in [6.07, 6.45) is 8.23. The summed E-state index contributed by atoms with van der Waals surface area (Å²) in [4.78, 5) is 24.3. The van der Waals surface area contributed by atoms with E-state index in [1.807, 2.05) is 51.1 Å². The van der Waals surface area contributed by atoms with E-state index in [4.69, 9.17) is 21.1 Å². The van der Waals surface area contributed by atoms with E-state index in [1.54, 1.807) is 11.0 Å². The summed E-state index contributed by atoms with van der Waals surface area (Å²) >= 11 is 6.00. The minimum Gasteiger partial charge on any atom is -0.474 e. The molecule has 1 unspecified atom stereocenters. The van der Waals surface area contributed by atoms with E-state index in [0.717, 1.165) is 12.8 Å². The number of anilines is 1. The maximum Gasteiger partial charge on any atom is 0.410 e. The molecule has 8 nitrogen and oxygen atoms in total. The first kappa shape index (κ1) is 21.2. The van der Waals surface area contributed by atoms with Crippen LogP contribution in [0.4, 0.5) is 10.6 Å². The lowest BCUT2D eigenvalue weighted by Gasteiger charge is -2.33. The van der Waals surface area contributed by atoms with Crippen molar-refractivity contribution in [1.29, 1.82) is 0 Å². The molecule has 0 aromatic carbocycles. The number of likely N-dealkylation sites (tertiary alicyclic amines) is 1. The maximum absolute atomic E-state index is 12.2. The Labute approximate surface area is 176 Å². The van der Waals surface area contributed by atoms with Crippen LogP contribution in [0, 0.1) is 0 Å². The van der Waals surface area contributed by atoms with Crippen LogP contribution in [0.15, 0.2) is 35.8 Å². The van der Waals surface area contributed by atoms with Gasteiger partial charge in [-0.1, -0.05) is 11.6 Å². The lowest BCUT2D eigenvalue weighted by atomic mass is 10.1. The number of likely N-dealkylation sites (N-methyl/N-ethyl adjacent to an activating group) is 1. The zero-order chi connectivity index (χ0) is 21.0. The molecular formula is C20H28ClN5O3. The number of ether oxygens (including phenoxy) is 2. The van der Waals surface area contributed by atoms with Crippen LogP contribution in [0.3, 0.4) is 0 Å². The van der Waals surface area contributed by atoms with E-state index < -0.39 is 5.60 Å². The Morgan fingerprint density at radius 1 is 1.28 bits per heavy atom. The fraction of sp³-hybridized carbons (Fsp3) is 0.550. The molecule has 1 atom stereocenters.